The van der Waals surface area contributed by atoms with E-state index >= 15 is 0 Å². The van der Waals surface area contributed by atoms with Crippen LogP contribution in [-0.4, -0.2) is 36.1 Å². The monoisotopic (exact) mass is 270 g/mol. The Balaban J connectivity index is 2.33. The molecule has 3 N–H and O–H groups in total. The van der Waals surface area contributed by atoms with Gasteiger partial charge in [0.05, 0.1) is 0 Å². The van der Waals surface area contributed by atoms with Gasteiger partial charge >= 0.3 is 5.97 Å². The van der Waals surface area contributed by atoms with Crippen LogP contribution < -0.4 is 10.6 Å². The number of nitrogens with one attached hydrogen (secondary N) is 2. The average molecular weight is 270 g/mol. The van der Waals surface area contributed by atoms with E-state index in [-0.39, 0.29) is 11.8 Å². The Morgan fingerprint density at radius 2 is 2.21 bits per heavy atom. The fraction of sp³-hybridized carbons (Fsp3) is 0.857. The van der Waals surface area contributed by atoms with E-state index in [1.54, 1.807) is 0 Å². The lowest BCUT2D eigenvalue weighted by Crippen LogP contribution is -2.45. The molecule has 5 nitrogen and oxygen atoms in total. The highest BCUT2D eigenvalue weighted by molar-refractivity contribution is 5.83. The fourth-order valence-electron chi connectivity index (χ4n) is 2.43. The molecule has 110 valence electrons. The van der Waals surface area contributed by atoms with Crippen molar-refractivity contribution < 1.29 is 14.7 Å². The largest absolute Gasteiger partial charge is 0.480 e. The van der Waals surface area contributed by atoms with E-state index in [9.17, 15) is 9.59 Å². The molecule has 1 rings (SSSR count). The Labute approximate surface area is 115 Å². The van der Waals surface area contributed by atoms with Crippen LogP contribution in [-0.2, 0) is 9.59 Å². The summed E-state index contributed by atoms with van der Waals surface area (Å²) in [7, 11) is 0. The number of aliphatic carboxylic acids is 1. The van der Waals surface area contributed by atoms with Gasteiger partial charge in [0.25, 0.3) is 0 Å². The maximum absolute atomic E-state index is 11.8. The van der Waals surface area contributed by atoms with Crippen LogP contribution in [0, 0.1) is 11.8 Å². The van der Waals surface area contributed by atoms with E-state index in [4.69, 9.17) is 5.11 Å². The molecule has 0 aromatic rings. The zero-order chi connectivity index (χ0) is 14.3. The second kappa shape index (κ2) is 8.15. The molecule has 3 atom stereocenters. The molecule has 0 aliphatic carbocycles. The van der Waals surface area contributed by atoms with E-state index in [2.05, 4.69) is 10.6 Å². The number of carbonyl (C=O) groups is 2. The summed E-state index contributed by atoms with van der Waals surface area (Å²) in [4.78, 5) is 22.9. The molecule has 5 heteroatoms. The normalized spacial score (nSPS) is 22.5. The first-order valence-electron chi connectivity index (χ1n) is 7.27. The van der Waals surface area contributed by atoms with Gasteiger partial charge in [0.2, 0.25) is 5.91 Å². The summed E-state index contributed by atoms with van der Waals surface area (Å²) in [5, 5.41) is 15.1. The lowest BCUT2D eigenvalue weighted by molar-refractivity contribution is -0.143. The SMILES string of the molecule is CC[C@H](C)[C@H](NC(=O)CCC1CCCNC1)C(=O)O. The van der Waals surface area contributed by atoms with Gasteiger partial charge in [-0.25, -0.2) is 4.79 Å². The van der Waals surface area contributed by atoms with Gasteiger partial charge in [-0.3, -0.25) is 4.79 Å². The number of hydrogen-bond donors (Lipinski definition) is 3. The lowest BCUT2D eigenvalue weighted by Gasteiger charge is -2.23. The summed E-state index contributed by atoms with van der Waals surface area (Å²) in [5.74, 6) is -0.579. The van der Waals surface area contributed by atoms with Gasteiger partial charge in [0, 0.05) is 6.42 Å². The minimum atomic E-state index is -0.943. The predicted octanol–water partition coefficient (Wildman–Crippen LogP) is 1.38. The zero-order valence-corrected chi connectivity index (χ0v) is 11.9. The molecule has 1 aliphatic heterocycles. The van der Waals surface area contributed by atoms with Gasteiger partial charge in [-0.2, -0.15) is 0 Å². The molecule has 1 unspecified atom stereocenters. The standard InChI is InChI=1S/C14H26N2O3/c1-3-10(2)13(14(18)19)16-12(17)7-6-11-5-4-8-15-9-11/h10-11,13,15H,3-9H2,1-2H3,(H,16,17)(H,18,19)/t10-,11?,13-/m0/s1. The van der Waals surface area contributed by atoms with Crippen molar-refractivity contribution in [1.29, 1.82) is 0 Å². The van der Waals surface area contributed by atoms with Gasteiger partial charge in [0.15, 0.2) is 0 Å². The molecule has 1 saturated heterocycles. The van der Waals surface area contributed by atoms with Gasteiger partial charge < -0.3 is 15.7 Å². The van der Waals surface area contributed by atoms with E-state index in [0.717, 1.165) is 38.8 Å². The van der Waals surface area contributed by atoms with Crippen molar-refractivity contribution >= 4 is 11.9 Å². The summed E-state index contributed by atoms with van der Waals surface area (Å²) in [5.41, 5.74) is 0. The highest BCUT2D eigenvalue weighted by Gasteiger charge is 2.25. The highest BCUT2D eigenvalue weighted by Crippen LogP contribution is 2.16. The van der Waals surface area contributed by atoms with Crippen LogP contribution in [0.3, 0.4) is 0 Å². The van der Waals surface area contributed by atoms with Crippen LogP contribution in [0.5, 0.6) is 0 Å². The Kier molecular flexibility index (Phi) is 6.84. The molecule has 0 saturated carbocycles. The number of carboxylic acid groups (broad SMARTS) is 1. The van der Waals surface area contributed by atoms with E-state index in [1.165, 1.54) is 0 Å². The second-order valence-corrected chi connectivity index (χ2v) is 5.52. The average Bonchev–Trinajstić information content (AvgIpc) is 2.42. The third-order valence-corrected chi connectivity index (χ3v) is 3.97. The maximum atomic E-state index is 11.8. The molecule has 0 bridgehead atoms. The van der Waals surface area contributed by atoms with Gasteiger partial charge in [-0.15, -0.1) is 0 Å². The number of carbonyl (C=O) groups excluding carboxylic acids is 1. The van der Waals surface area contributed by atoms with Crippen LogP contribution in [0.25, 0.3) is 0 Å². The van der Waals surface area contributed by atoms with Crippen LogP contribution in [0.2, 0.25) is 0 Å². The summed E-state index contributed by atoms with van der Waals surface area (Å²) in [6.45, 7) is 5.82. The molecule has 1 amide bonds. The van der Waals surface area contributed by atoms with Crippen molar-refractivity contribution in [2.24, 2.45) is 11.8 Å². The molecular weight excluding hydrogens is 244 g/mol. The Morgan fingerprint density at radius 1 is 1.47 bits per heavy atom. The first-order valence-corrected chi connectivity index (χ1v) is 7.27. The number of piperidine rings is 1. The van der Waals surface area contributed by atoms with Crippen molar-refractivity contribution in [2.45, 2.75) is 52.0 Å². The summed E-state index contributed by atoms with van der Waals surface area (Å²) >= 11 is 0. The number of carboxylic acids is 1. The van der Waals surface area contributed by atoms with Crippen molar-refractivity contribution in [3.8, 4) is 0 Å². The topological polar surface area (TPSA) is 78.4 Å². The summed E-state index contributed by atoms with van der Waals surface area (Å²) in [6.07, 6.45) is 4.33. The smallest absolute Gasteiger partial charge is 0.326 e. The molecule has 1 fully saturated rings. The highest BCUT2D eigenvalue weighted by atomic mass is 16.4. The number of hydrogen-bond acceptors (Lipinski definition) is 3. The third kappa shape index (κ3) is 5.59. The third-order valence-electron chi connectivity index (χ3n) is 3.97. The van der Waals surface area contributed by atoms with Gasteiger partial charge in [-0.1, -0.05) is 20.3 Å². The molecule has 1 heterocycles. The van der Waals surface area contributed by atoms with Crippen LogP contribution in [0.4, 0.5) is 0 Å². The van der Waals surface area contributed by atoms with E-state index in [0.29, 0.717) is 12.3 Å². The van der Waals surface area contributed by atoms with Crippen LogP contribution >= 0.6 is 0 Å². The maximum Gasteiger partial charge on any atom is 0.326 e. The number of amides is 1. The van der Waals surface area contributed by atoms with E-state index in [1.807, 2.05) is 13.8 Å². The van der Waals surface area contributed by atoms with Crippen molar-refractivity contribution in [1.82, 2.24) is 10.6 Å². The predicted molar refractivity (Wildman–Crippen MR) is 73.8 cm³/mol. The van der Waals surface area contributed by atoms with E-state index < -0.39 is 12.0 Å². The van der Waals surface area contributed by atoms with Crippen molar-refractivity contribution in [3.05, 3.63) is 0 Å². The van der Waals surface area contributed by atoms with Gasteiger partial charge in [-0.05, 0) is 44.2 Å². The zero-order valence-electron chi connectivity index (χ0n) is 11.9. The van der Waals surface area contributed by atoms with Crippen molar-refractivity contribution in [3.63, 3.8) is 0 Å². The molecular formula is C14H26N2O3. The molecule has 0 aromatic carbocycles. The van der Waals surface area contributed by atoms with Crippen LogP contribution in [0.15, 0.2) is 0 Å². The molecule has 0 radical (unpaired) electrons. The minimum absolute atomic E-state index is 0.0437. The minimum Gasteiger partial charge on any atom is -0.480 e. The molecule has 1 aliphatic rings. The first-order chi connectivity index (χ1) is 9.04. The van der Waals surface area contributed by atoms with Crippen molar-refractivity contribution in [2.75, 3.05) is 13.1 Å². The molecule has 19 heavy (non-hydrogen) atoms. The quantitative estimate of drug-likeness (QED) is 0.653. The number of rotatable bonds is 7. The Hall–Kier alpha value is -1.10. The Bertz CT molecular complexity index is 301. The fourth-order valence-corrected chi connectivity index (χ4v) is 2.43. The molecule has 0 aromatic heterocycles. The molecule has 0 spiro atoms. The summed E-state index contributed by atoms with van der Waals surface area (Å²) < 4.78 is 0. The van der Waals surface area contributed by atoms with Gasteiger partial charge in [0.1, 0.15) is 6.04 Å². The second-order valence-electron chi connectivity index (χ2n) is 5.52. The lowest BCUT2D eigenvalue weighted by atomic mass is 9.94. The Morgan fingerprint density at radius 3 is 2.74 bits per heavy atom. The van der Waals surface area contributed by atoms with Crippen LogP contribution in [0.1, 0.15) is 46.0 Å². The summed E-state index contributed by atoms with van der Waals surface area (Å²) in [6, 6.07) is -0.762. The first kappa shape index (κ1) is 16.0.